The predicted molar refractivity (Wildman–Crippen MR) is 97.5 cm³/mol. The van der Waals surface area contributed by atoms with Gasteiger partial charge in [-0.15, -0.1) is 0 Å². The number of fused-ring (bicyclic) bond motifs is 1. The van der Waals surface area contributed by atoms with Crippen molar-refractivity contribution in [1.29, 1.82) is 0 Å². The van der Waals surface area contributed by atoms with Crippen molar-refractivity contribution in [1.82, 2.24) is 9.66 Å². The number of benzene rings is 2. The SMILES string of the molecule is CCc1nc2ccc(Br)cc2c(=O)n1N=Cc1cccc(Cl)c1. The Morgan fingerprint density at radius 2 is 2.13 bits per heavy atom. The van der Waals surface area contributed by atoms with Crippen molar-refractivity contribution in [2.75, 3.05) is 0 Å². The molecule has 0 amide bonds. The minimum atomic E-state index is -0.188. The molecule has 116 valence electrons. The number of nitrogens with zero attached hydrogens (tertiary/aromatic N) is 3. The van der Waals surface area contributed by atoms with Crippen LogP contribution in [0.25, 0.3) is 10.9 Å². The van der Waals surface area contributed by atoms with E-state index in [1.54, 1.807) is 24.4 Å². The van der Waals surface area contributed by atoms with Crippen LogP contribution in [0.2, 0.25) is 5.02 Å². The second-order valence-electron chi connectivity index (χ2n) is 4.96. The Bertz CT molecular complexity index is 966. The Morgan fingerprint density at radius 1 is 1.30 bits per heavy atom. The van der Waals surface area contributed by atoms with E-state index >= 15 is 0 Å². The van der Waals surface area contributed by atoms with Crippen LogP contribution in [0.3, 0.4) is 0 Å². The van der Waals surface area contributed by atoms with Crippen LogP contribution < -0.4 is 5.56 Å². The van der Waals surface area contributed by atoms with Crippen LogP contribution >= 0.6 is 27.5 Å². The second kappa shape index (κ2) is 6.64. The van der Waals surface area contributed by atoms with E-state index in [0.29, 0.717) is 28.2 Å². The first kappa shape index (κ1) is 15.9. The van der Waals surface area contributed by atoms with Crippen LogP contribution in [0.4, 0.5) is 0 Å². The zero-order valence-corrected chi connectivity index (χ0v) is 14.7. The van der Waals surface area contributed by atoms with Gasteiger partial charge in [-0.05, 0) is 35.9 Å². The monoisotopic (exact) mass is 389 g/mol. The lowest BCUT2D eigenvalue weighted by molar-refractivity contribution is 0.734. The number of aromatic nitrogens is 2. The summed E-state index contributed by atoms with van der Waals surface area (Å²) in [6, 6.07) is 12.7. The normalized spacial score (nSPS) is 11.4. The zero-order chi connectivity index (χ0) is 16.4. The average Bonchev–Trinajstić information content (AvgIpc) is 2.54. The molecule has 0 aliphatic carbocycles. The summed E-state index contributed by atoms with van der Waals surface area (Å²) in [5.41, 5.74) is 1.30. The minimum absolute atomic E-state index is 0.188. The highest BCUT2D eigenvalue weighted by Crippen LogP contribution is 2.16. The quantitative estimate of drug-likeness (QED) is 0.627. The third-order valence-corrected chi connectivity index (χ3v) is 4.09. The molecule has 4 nitrogen and oxygen atoms in total. The number of rotatable bonds is 3. The number of halogens is 2. The topological polar surface area (TPSA) is 47.2 Å². The van der Waals surface area contributed by atoms with Crippen molar-refractivity contribution in [3.8, 4) is 0 Å². The van der Waals surface area contributed by atoms with Crippen molar-refractivity contribution >= 4 is 44.6 Å². The highest BCUT2D eigenvalue weighted by Gasteiger charge is 2.09. The van der Waals surface area contributed by atoms with Crippen LogP contribution in [0.15, 0.2) is 56.8 Å². The summed E-state index contributed by atoms with van der Waals surface area (Å²) < 4.78 is 2.17. The lowest BCUT2D eigenvalue weighted by Gasteiger charge is -2.07. The molecule has 23 heavy (non-hydrogen) atoms. The fourth-order valence-electron chi connectivity index (χ4n) is 2.25. The maximum absolute atomic E-state index is 12.7. The Balaban J connectivity index is 2.16. The number of hydrogen-bond donors (Lipinski definition) is 0. The molecule has 3 rings (SSSR count). The molecule has 1 aromatic heterocycles. The van der Waals surface area contributed by atoms with E-state index in [-0.39, 0.29) is 5.56 Å². The van der Waals surface area contributed by atoms with E-state index in [1.807, 2.05) is 31.2 Å². The number of aryl methyl sites for hydroxylation is 1. The summed E-state index contributed by atoms with van der Waals surface area (Å²) in [5, 5.41) is 5.46. The molecule has 0 aliphatic rings. The molecule has 6 heteroatoms. The highest BCUT2D eigenvalue weighted by atomic mass is 79.9. The Morgan fingerprint density at radius 3 is 2.87 bits per heavy atom. The van der Waals surface area contributed by atoms with Crippen molar-refractivity contribution in [2.45, 2.75) is 13.3 Å². The molecule has 0 saturated heterocycles. The van der Waals surface area contributed by atoms with Crippen LogP contribution in [-0.2, 0) is 6.42 Å². The zero-order valence-electron chi connectivity index (χ0n) is 12.3. The smallest absolute Gasteiger partial charge is 0.267 e. The van der Waals surface area contributed by atoms with E-state index in [4.69, 9.17) is 11.6 Å². The van der Waals surface area contributed by atoms with E-state index in [0.717, 1.165) is 10.0 Å². The molecular formula is C17H13BrClN3O. The third-order valence-electron chi connectivity index (χ3n) is 3.36. The second-order valence-corrected chi connectivity index (χ2v) is 6.31. The van der Waals surface area contributed by atoms with Crippen LogP contribution in [0, 0.1) is 0 Å². The first-order valence-electron chi connectivity index (χ1n) is 7.09. The Hall–Kier alpha value is -1.98. The van der Waals surface area contributed by atoms with E-state index in [1.165, 1.54) is 4.68 Å². The summed E-state index contributed by atoms with van der Waals surface area (Å²) in [4.78, 5) is 17.2. The molecular weight excluding hydrogens is 378 g/mol. The van der Waals surface area contributed by atoms with Crippen LogP contribution in [-0.4, -0.2) is 15.9 Å². The Kier molecular flexibility index (Phi) is 4.59. The van der Waals surface area contributed by atoms with Crippen LogP contribution in [0.5, 0.6) is 0 Å². The first-order valence-corrected chi connectivity index (χ1v) is 8.26. The maximum atomic E-state index is 12.7. The van der Waals surface area contributed by atoms with Gasteiger partial charge in [0.25, 0.3) is 5.56 Å². The van der Waals surface area contributed by atoms with Gasteiger partial charge < -0.3 is 0 Å². The third kappa shape index (κ3) is 3.35. The van der Waals surface area contributed by atoms with Gasteiger partial charge in [0, 0.05) is 15.9 Å². The summed E-state index contributed by atoms with van der Waals surface area (Å²) in [7, 11) is 0. The van der Waals surface area contributed by atoms with Gasteiger partial charge in [-0.3, -0.25) is 4.79 Å². The summed E-state index contributed by atoms with van der Waals surface area (Å²) in [5.74, 6) is 0.614. The maximum Gasteiger partial charge on any atom is 0.282 e. The van der Waals surface area contributed by atoms with Crippen molar-refractivity contribution in [2.24, 2.45) is 5.10 Å². The lowest BCUT2D eigenvalue weighted by Crippen LogP contribution is -2.22. The fraction of sp³-hybridized carbons (Fsp3) is 0.118. The van der Waals surface area contributed by atoms with E-state index < -0.39 is 0 Å². The average molecular weight is 391 g/mol. The lowest BCUT2D eigenvalue weighted by atomic mass is 10.2. The van der Waals surface area contributed by atoms with E-state index in [2.05, 4.69) is 26.0 Å². The molecule has 0 unspecified atom stereocenters. The van der Waals surface area contributed by atoms with Gasteiger partial charge in [-0.1, -0.05) is 46.6 Å². The predicted octanol–water partition coefficient (Wildman–Crippen LogP) is 4.26. The van der Waals surface area contributed by atoms with Gasteiger partial charge in [0.2, 0.25) is 0 Å². The molecule has 0 spiro atoms. The summed E-state index contributed by atoms with van der Waals surface area (Å²) in [6.45, 7) is 1.94. The van der Waals surface area contributed by atoms with E-state index in [9.17, 15) is 4.79 Å². The summed E-state index contributed by atoms with van der Waals surface area (Å²) in [6.07, 6.45) is 2.21. The van der Waals surface area contributed by atoms with Crippen molar-refractivity contribution in [3.63, 3.8) is 0 Å². The fourth-order valence-corrected chi connectivity index (χ4v) is 2.81. The van der Waals surface area contributed by atoms with Gasteiger partial charge in [-0.2, -0.15) is 9.78 Å². The van der Waals surface area contributed by atoms with Gasteiger partial charge in [0.1, 0.15) is 5.82 Å². The minimum Gasteiger partial charge on any atom is -0.267 e. The molecule has 0 atom stereocenters. The van der Waals surface area contributed by atoms with Gasteiger partial charge in [0.15, 0.2) is 0 Å². The van der Waals surface area contributed by atoms with Crippen molar-refractivity contribution < 1.29 is 0 Å². The molecule has 1 heterocycles. The largest absolute Gasteiger partial charge is 0.282 e. The molecule has 3 aromatic rings. The first-order chi connectivity index (χ1) is 11.1. The molecule has 0 N–H and O–H groups in total. The summed E-state index contributed by atoms with van der Waals surface area (Å²) >= 11 is 9.35. The van der Waals surface area contributed by atoms with Crippen LogP contribution in [0.1, 0.15) is 18.3 Å². The Labute approximate surface area is 146 Å². The van der Waals surface area contributed by atoms with Crippen molar-refractivity contribution in [3.05, 3.63) is 73.7 Å². The standard InChI is InChI=1S/C17H13BrClN3O/c1-2-16-21-15-7-6-12(18)9-14(15)17(23)22(16)20-10-11-4-3-5-13(19)8-11/h3-10H,2H2,1H3. The van der Waals surface area contributed by atoms with Gasteiger partial charge in [-0.25, -0.2) is 4.98 Å². The highest BCUT2D eigenvalue weighted by molar-refractivity contribution is 9.10. The molecule has 0 fully saturated rings. The molecule has 0 radical (unpaired) electrons. The van der Waals surface area contributed by atoms with Gasteiger partial charge >= 0.3 is 0 Å². The molecule has 0 aliphatic heterocycles. The molecule has 2 aromatic carbocycles. The number of hydrogen-bond acceptors (Lipinski definition) is 3. The molecule has 0 saturated carbocycles. The molecule has 0 bridgehead atoms. The van der Waals surface area contributed by atoms with Gasteiger partial charge in [0.05, 0.1) is 17.1 Å².